The smallest absolute Gasteiger partial charge is 0.236 e. The van der Waals surface area contributed by atoms with Gasteiger partial charge < -0.3 is 9.73 Å². The van der Waals surface area contributed by atoms with Crippen molar-refractivity contribution in [2.75, 3.05) is 11.1 Å². The summed E-state index contributed by atoms with van der Waals surface area (Å²) in [6, 6.07) is 3.65. The van der Waals surface area contributed by atoms with Crippen molar-refractivity contribution in [3.63, 3.8) is 0 Å². The molecule has 4 aromatic rings. The molecule has 0 aromatic carbocycles. The third-order valence-corrected chi connectivity index (χ3v) is 6.81. The Balaban J connectivity index is 1.46. The van der Waals surface area contributed by atoms with Crippen LogP contribution in [0.3, 0.4) is 0 Å². The van der Waals surface area contributed by atoms with Gasteiger partial charge in [-0.1, -0.05) is 11.8 Å². The van der Waals surface area contributed by atoms with Crippen molar-refractivity contribution in [1.29, 1.82) is 0 Å². The van der Waals surface area contributed by atoms with E-state index in [0.29, 0.717) is 16.6 Å². The van der Waals surface area contributed by atoms with E-state index in [-0.39, 0.29) is 11.7 Å². The van der Waals surface area contributed by atoms with Gasteiger partial charge in [-0.3, -0.25) is 4.79 Å². The Labute approximate surface area is 168 Å². The summed E-state index contributed by atoms with van der Waals surface area (Å²) in [5, 5.41) is 7.16. The lowest BCUT2D eigenvalue weighted by atomic mass is 10.2. The minimum Gasteiger partial charge on any atom is -0.463 e. The Morgan fingerprint density at radius 3 is 2.89 bits per heavy atom. The van der Waals surface area contributed by atoms with Crippen molar-refractivity contribution in [3.8, 4) is 11.5 Å². The van der Waals surface area contributed by atoms with Crippen LogP contribution in [0.1, 0.15) is 16.3 Å². The van der Waals surface area contributed by atoms with Crippen molar-refractivity contribution < 1.29 is 9.21 Å². The van der Waals surface area contributed by atoms with Gasteiger partial charge in [0, 0.05) is 15.6 Å². The number of carbonyl (C=O) groups is 1. The fraction of sp³-hybridized carbons (Fsp3) is 0.222. The number of nitrogens with zero attached hydrogens (tertiary/aromatic N) is 3. The first-order valence-electron chi connectivity index (χ1n) is 8.17. The van der Waals surface area contributed by atoms with Crippen molar-refractivity contribution in [1.82, 2.24) is 15.0 Å². The number of aromatic nitrogens is 3. The van der Waals surface area contributed by atoms with Crippen LogP contribution < -0.4 is 5.32 Å². The van der Waals surface area contributed by atoms with E-state index in [1.807, 2.05) is 24.4 Å². The average Bonchev–Trinajstić information content (AvgIpc) is 3.34. The summed E-state index contributed by atoms with van der Waals surface area (Å²) >= 11 is 4.46. The number of thiazole rings is 1. The van der Waals surface area contributed by atoms with Crippen molar-refractivity contribution in [3.05, 3.63) is 40.0 Å². The summed E-state index contributed by atoms with van der Waals surface area (Å²) in [6.07, 6.45) is 1.60. The fourth-order valence-corrected chi connectivity index (χ4v) is 5.36. The van der Waals surface area contributed by atoms with Gasteiger partial charge >= 0.3 is 0 Å². The molecule has 1 N–H and O–H groups in total. The molecule has 6 nitrogen and oxygen atoms in total. The van der Waals surface area contributed by atoms with E-state index in [9.17, 15) is 4.79 Å². The van der Waals surface area contributed by atoms with Gasteiger partial charge in [0.2, 0.25) is 5.91 Å². The molecule has 0 fully saturated rings. The largest absolute Gasteiger partial charge is 0.463 e. The highest BCUT2D eigenvalue weighted by atomic mass is 32.2. The molecule has 0 bridgehead atoms. The molecule has 138 valence electrons. The highest BCUT2D eigenvalue weighted by Gasteiger charge is 2.16. The lowest BCUT2D eigenvalue weighted by Gasteiger charge is -2.05. The van der Waals surface area contributed by atoms with Gasteiger partial charge in [0.25, 0.3) is 0 Å². The number of fused-ring (bicyclic) bond motifs is 1. The number of hydrogen-bond donors (Lipinski definition) is 1. The number of rotatable bonds is 5. The second kappa shape index (κ2) is 7.41. The zero-order valence-corrected chi connectivity index (χ0v) is 17.3. The molecule has 0 spiro atoms. The molecule has 0 atom stereocenters. The third-order valence-electron chi connectivity index (χ3n) is 3.97. The Hall–Kier alpha value is -2.23. The Bertz CT molecular complexity index is 1120. The van der Waals surface area contributed by atoms with Crippen LogP contribution in [0.4, 0.5) is 5.13 Å². The first-order valence-corrected chi connectivity index (χ1v) is 10.9. The van der Waals surface area contributed by atoms with Crippen molar-refractivity contribution >= 4 is 55.7 Å². The summed E-state index contributed by atoms with van der Waals surface area (Å²) in [7, 11) is 0. The number of hydrogen-bond acceptors (Lipinski definition) is 8. The molecule has 0 aliphatic carbocycles. The summed E-state index contributed by atoms with van der Waals surface area (Å²) in [4.78, 5) is 28.0. The Morgan fingerprint density at radius 1 is 1.26 bits per heavy atom. The molecule has 0 saturated heterocycles. The molecular formula is C18H16N4O2S3. The first kappa shape index (κ1) is 18.1. The van der Waals surface area contributed by atoms with Crippen LogP contribution in [-0.2, 0) is 4.79 Å². The van der Waals surface area contributed by atoms with Crippen LogP contribution in [0.2, 0.25) is 0 Å². The summed E-state index contributed by atoms with van der Waals surface area (Å²) in [5.41, 5.74) is 1.89. The molecule has 0 unspecified atom stereocenters. The van der Waals surface area contributed by atoms with Gasteiger partial charge in [-0.25, -0.2) is 15.0 Å². The molecule has 4 rings (SSSR count). The summed E-state index contributed by atoms with van der Waals surface area (Å²) in [6.45, 7) is 6.03. The number of nitrogens with one attached hydrogen (secondary N) is 1. The second-order valence-corrected chi connectivity index (χ2v) is 8.92. The number of furan rings is 1. The molecule has 0 saturated carbocycles. The number of carbonyl (C=O) groups excluding carboxylic acids is 1. The van der Waals surface area contributed by atoms with Crippen LogP contribution in [0.15, 0.2) is 33.2 Å². The molecule has 9 heteroatoms. The standard InChI is InChI=1S/C18H16N4O2S3/c1-9-10(2)27-17-15(9)16(19-11(3)20-17)25-8-14(23)22-18-21-12(7-26-18)13-5-4-6-24-13/h4-7H,8H2,1-3H3,(H,21,22,23). The zero-order valence-electron chi connectivity index (χ0n) is 14.9. The minimum atomic E-state index is -0.116. The first-order chi connectivity index (χ1) is 13.0. The maximum absolute atomic E-state index is 12.4. The normalized spacial score (nSPS) is 11.2. The van der Waals surface area contributed by atoms with Crippen LogP contribution in [-0.4, -0.2) is 26.6 Å². The van der Waals surface area contributed by atoms with Gasteiger partial charge in [0.15, 0.2) is 10.9 Å². The molecule has 0 aliphatic rings. The van der Waals surface area contributed by atoms with Gasteiger partial charge in [-0.15, -0.1) is 22.7 Å². The monoisotopic (exact) mass is 416 g/mol. The van der Waals surface area contributed by atoms with Gasteiger partial charge in [0.05, 0.1) is 12.0 Å². The van der Waals surface area contributed by atoms with Gasteiger partial charge in [0.1, 0.15) is 21.4 Å². The number of thiophene rings is 1. The number of thioether (sulfide) groups is 1. The highest BCUT2D eigenvalue weighted by molar-refractivity contribution is 8.00. The van der Waals surface area contributed by atoms with E-state index in [2.05, 4.69) is 34.1 Å². The van der Waals surface area contributed by atoms with E-state index in [4.69, 9.17) is 4.42 Å². The minimum absolute atomic E-state index is 0.116. The van der Waals surface area contributed by atoms with E-state index in [1.54, 1.807) is 17.6 Å². The topological polar surface area (TPSA) is 80.9 Å². The molecule has 1 amide bonds. The maximum atomic E-state index is 12.4. The third kappa shape index (κ3) is 3.76. The Morgan fingerprint density at radius 2 is 2.11 bits per heavy atom. The lowest BCUT2D eigenvalue weighted by molar-refractivity contribution is -0.113. The van der Waals surface area contributed by atoms with Crippen LogP contribution in [0.5, 0.6) is 0 Å². The van der Waals surface area contributed by atoms with Gasteiger partial charge in [-0.05, 0) is 38.5 Å². The Kier molecular flexibility index (Phi) is 4.98. The van der Waals surface area contributed by atoms with Crippen molar-refractivity contribution in [2.45, 2.75) is 25.8 Å². The lowest BCUT2D eigenvalue weighted by Crippen LogP contribution is -2.14. The molecule has 27 heavy (non-hydrogen) atoms. The molecule has 0 radical (unpaired) electrons. The van der Waals surface area contributed by atoms with E-state index < -0.39 is 0 Å². The highest BCUT2D eigenvalue weighted by Crippen LogP contribution is 2.35. The van der Waals surface area contributed by atoms with E-state index >= 15 is 0 Å². The number of amides is 1. The molecule has 4 heterocycles. The fourth-order valence-electron chi connectivity index (χ4n) is 2.58. The zero-order chi connectivity index (χ0) is 19.0. The van der Waals surface area contributed by atoms with Gasteiger partial charge in [-0.2, -0.15) is 0 Å². The predicted molar refractivity (Wildman–Crippen MR) is 111 cm³/mol. The number of anilines is 1. The molecular weight excluding hydrogens is 400 g/mol. The maximum Gasteiger partial charge on any atom is 0.236 e. The average molecular weight is 417 g/mol. The molecule has 4 aromatic heterocycles. The van der Waals surface area contributed by atoms with E-state index in [1.165, 1.54) is 33.5 Å². The van der Waals surface area contributed by atoms with E-state index in [0.717, 1.165) is 21.1 Å². The molecule has 0 aliphatic heterocycles. The predicted octanol–water partition coefficient (Wildman–Crippen LogP) is 5.06. The SMILES string of the molecule is Cc1nc(SCC(=O)Nc2nc(-c3ccco3)cs2)c2c(C)c(C)sc2n1. The summed E-state index contributed by atoms with van der Waals surface area (Å²) in [5.74, 6) is 1.54. The van der Waals surface area contributed by atoms with Crippen LogP contribution in [0.25, 0.3) is 21.7 Å². The quantitative estimate of drug-likeness (QED) is 0.362. The van der Waals surface area contributed by atoms with Crippen LogP contribution in [0, 0.1) is 20.8 Å². The van der Waals surface area contributed by atoms with Crippen LogP contribution >= 0.6 is 34.4 Å². The second-order valence-electron chi connectivity index (χ2n) is 5.89. The summed E-state index contributed by atoms with van der Waals surface area (Å²) < 4.78 is 5.32. The number of aryl methyl sites for hydroxylation is 3. The van der Waals surface area contributed by atoms with Crippen molar-refractivity contribution in [2.24, 2.45) is 0 Å².